The molecule has 0 aliphatic carbocycles. The fourth-order valence-corrected chi connectivity index (χ4v) is 2.08. The average Bonchev–Trinajstić information content (AvgIpc) is 2.54. The van der Waals surface area contributed by atoms with E-state index in [2.05, 4.69) is 35.9 Å². The van der Waals surface area contributed by atoms with Gasteiger partial charge in [0, 0.05) is 6.07 Å². The average molecular weight is 388 g/mol. The van der Waals surface area contributed by atoms with Gasteiger partial charge in [0.2, 0.25) is 0 Å². The molecule has 23 heavy (non-hydrogen) atoms. The lowest BCUT2D eigenvalue weighted by atomic mass is 10.2. The van der Waals surface area contributed by atoms with Gasteiger partial charge in [-0.15, -0.1) is 0 Å². The molecule has 0 aliphatic heterocycles. The number of nitro groups is 1. The highest BCUT2D eigenvalue weighted by atomic mass is 79.9. The number of hydrogen-bond acceptors (Lipinski definition) is 8. The Morgan fingerprint density at radius 2 is 2.00 bits per heavy atom. The summed E-state index contributed by atoms with van der Waals surface area (Å²) in [5, 5.41) is 14.8. The molecule has 0 aromatic heterocycles. The van der Waals surface area contributed by atoms with Gasteiger partial charge in [0.15, 0.2) is 5.71 Å². The van der Waals surface area contributed by atoms with Gasteiger partial charge in [0.25, 0.3) is 5.69 Å². The van der Waals surface area contributed by atoms with Gasteiger partial charge >= 0.3 is 11.9 Å². The molecule has 0 amide bonds. The molecule has 0 saturated heterocycles. The molecule has 0 saturated carbocycles. The lowest BCUT2D eigenvalue weighted by Gasteiger charge is -2.11. The number of rotatable bonds is 7. The third-order valence-electron chi connectivity index (χ3n) is 2.66. The molecule has 1 rings (SSSR count). The zero-order valence-electron chi connectivity index (χ0n) is 12.3. The first kappa shape index (κ1) is 18.6. The van der Waals surface area contributed by atoms with Crippen LogP contribution in [0.15, 0.2) is 29.4 Å². The van der Waals surface area contributed by atoms with Gasteiger partial charge in [0.05, 0.1) is 30.4 Å². The lowest BCUT2D eigenvalue weighted by molar-refractivity contribution is -0.384. The molecule has 9 nitrogen and oxygen atoms in total. The minimum atomic E-state index is -0.790. The quantitative estimate of drug-likeness (QED) is 0.249. The SMILES string of the molecule is COC(=O)CC(Br)C(=NNc1ccccc1[N+](=O)[O-])C(=O)OC. The van der Waals surface area contributed by atoms with E-state index in [9.17, 15) is 19.7 Å². The van der Waals surface area contributed by atoms with E-state index in [-0.39, 0.29) is 23.5 Å². The Morgan fingerprint density at radius 1 is 1.35 bits per heavy atom. The van der Waals surface area contributed by atoms with Crippen molar-refractivity contribution in [2.45, 2.75) is 11.2 Å². The molecule has 0 bridgehead atoms. The number of alkyl halides is 1. The molecule has 1 aromatic carbocycles. The summed E-state index contributed by atoms with van der Waals surface area (Å²) in [6, 6.07) is 5.79. The number of carbonyl (C=O) groups is 2. The molecule has 0 radical (unpaired) electrons. The number of nitro benzene ring substituents is 1. The molecule has 1 aromatic rings. The molecule has 1 unspecified atom stereocenters. The summed E-state index contributed by atoms with van der Waals surface area (Å²) < 4.78 is 9.10. The number of benzene rings is 1. The fraction of sp³-hybridized carbons (Fsp3) is 0.308. The van der Waals surface area contributed by atoms with E-state index >= 15 is 0 Å². The van der Waals surface area contributed by atoms with E-state index in [1.54, 1.807) is 6.07 Å². The maximum absolute atomic E-state index is 11.8. The van der Waals surface area contributed by atoms with Gasteiger partial charge in [-0.05, 0) is 6.07 Å². The summed E-state index contributed by atoms with van der Waals surface area (Å²) in [7, 11) is 2.36. The van der Waals surface area contributed by atoms with E-state index in [0.29, 0.717) is 0 Å². The molecule has 124 valence electrons. The highest BCUT2D eigenvalue weighted by Crippen LogP contribution is 2.23. The van der Waals surface area contributed by atoms with Crippen LogP contribution in [0.2, 0.25) is 0 Å². The number of anilines is 1. The lowest BCUT2D eigenvalue weighted by Crippen LogP contribution is -2.29. The third-order valence-corrected chi connectivity index (χ3v) is 3.42. The standard InChI is InChI=1S/C13H14BrN3O6/c1-22-11(18)7-8(14)12(13(19)23-2)16-15-9-5-3-4-6-10(9)17(20)21/h3-6,8,15H,7H2,1-2H3. The molecular weight excluding hydrogens is 374 g/mol. The normalized spacial score (nSPS) is 12.2. The van der Waals surface area contributed by atoms with Gasteiger partial charge in [-0.1, -0.05) is 28.1 Å². The van der Waals surface area contributed by atoms with Crippen molar-refractivity contribution in [1.29, 1.82) is 0 Å². The molecule has 1 N–H and O–H groups in total. The minimum absolute atomic E-state index is 0.0941. The first-order valence-corrected chi connectivity index (χ1v) is 7.18. The van der Waals surface area contributed by atoms with Gasteiger partial charge in [-0.25, -0.2) is 4.79 Å². The number of esters is 2. The molecular formula is C13H14BrN3O6. The zero-order chi connectivity index (χ0) is 17.4. The molecule has 10 heteroatoms. The first-order chi connectivity index (χ1) is 10.9. The highest BCUT2D eigenvalue weighted by Gasteiger charge is 2.25. The van der Waals surface area contributed by atoms with E-state index in [4.69, 9.17) is 0 Å². The number of hydrogen-bond donors (Lipinski definition) is 1. The van der Waals surface area contributed by atoms with Crippen LogP contribution in [-0.2, 0) is 19.1 Å². The van der Waals surface area contributed by atoms with Gasteiger partial charge in [-0.3, -0.25) is 20.3 Å². The minimum Gasteiger partial charge on any atom is -0.469 e. The smallest absolute Gasteiger partial charge is 0.355 e. The van der Waals surface area contributed by atoms with Crippen LogP contribution in [0.25, 0.3) is 0 Å². The summed E-state index contributed by atoms with van der Waals surface area (Å²) in [5.41, 5.74) is 2.17. The predicted molar refractivity (Wildman–Crippen MR) is 85.5 cm³/mol. The van der Waals surface area contributed by atoms with Crippen molar-refractivity contribution in [3.05, 3.63) is 34.4 Å². The van der Waals surface area contributed by atoms with Crippen molar-refractivity contribution < 1.29 is 24.0 Å². The Hall–Kier alpha value is -2.49. The van der Waals surface area contributed by atoms with E-state index < -0.39 is 21.7 Å². The second kappa shape index (κ2) is 8.83. The van der Waals surface area contributed by atoms with Crippen molar-refractivity contribution in [1.82, 2.24) is 0 Å². The number of nitrogens with one attached hydrogen (secondary N) is 1. The summed E-state index contributed by atoms with van der Waals surface area (Å²) >= 11 is 3.14. The fourth-order valence-electron chi connectivity index (χ4n) is 1.52. The number of para-hydroxylation sites is 2. The summed E-state index contributed by atoms with van der Waals surface area (Å²) in [5.74, 6) is -1.35. The monoisotopic (exact) mass is 387 g/mol. The number of ether oxygens (including phenoxy) is 2. The van der Waals surface area contributed by atoms with Crippen LogP contribution in [0.4, 0.5) is 11.4 Å². The largest absolute Gasteiger partial charge is 0.469 e. The van der Waals surface area contributed by atoms with Crippen molar-refractivity contribution in [2.24, 2.45) is 5.10 Å². The topological polar surface area (TPSA) is 120 Å². The second-order valence-corrected chi connectivity index (χ2v) is 5.23. The van der Waals surface area contributed by atoms with Crippen LogP contribution in [0, 0.1) is 10.1 Å². The number of halogens is 1. The Morgan fingerprint density at radius 3 is 2.57 bits per heavy atom. The van der Waals surface area contributed by atoms with Crippen molar-refractivity contribution in [3.8, 4) is 0 Å². The number of hydrazone groups is 1. The van der Waals surface area contributed by atoms with E-state index in [0.717, 1.165) is 7.11 Å². The van der Waals surface area contributed by atoms with Crippen molar-refractivity contribution >= 4 is 45.0 Å². The van der Waals surface area contributed by atoms with Crippen LogP contribution in [-0.4, -0.2) is 41.6 Å². The van der Waals surface area contributed by atoms with Crippen LogP contribution < -0.4 is 5.43 Å². The van der Waals surface area contributed by atoms with Gasteiger partial charge < -0.3 is 9.47 Å². The Bertz CT molecular complexity index is 634. The van der Waals surface area contributed by atoms with Crippen LogP contribution in [0.3, 0.4) is 0 Å². The molecule has 0 fully saturated rings. The maximum atomic E-state index is 11.8. The molecule has 0 heterocycles. The van der Waals surface area contributed by atoms with Gasteiger partial charge in [0.1, 0.15) is 5.69 Å². The Balaban J connectivity index is 3.04. The van der Waals surface area contributed by atoms with Crippen LogP contribution in [0.5, 0.6) is 0 Å². The number of methoxy groups -OCH3 is 2. The van der Waals surface area contributed by atoms with E-state index in [1.807, 2.05) is 0 Å². The summed E-state index contributed by atoms with van der Waals surface area (Å²) in [4.78, 5) is 32.6. The zero-order valence-corrected chi connectivity index (χ0v) is 13.9. The summed E-state index contributed by atoms with van der Waals surface area (Å²) in [6.45, 7) is 0. The predicted octanol–water partition coefficient (Wildman–Crippen LogP) is 1.86. The summed E-state index contributed by atoms with van der Waals surface area (Å²) in [6.07, 6.45) is -0.164. The van der Waals surface area contributed by atoms with Crippen molar-refractivity contribution in [3.63, 3.8) is 0 Å². The molecule has 1 atom stereocenters. The molecule has 0 aliphatic rings. The Labute approximate surface area is 139 Å². The van der Waals surface area contributed by atoms with Crippen LogP contribution >= 0.6 is 15.9 Å². The Kier molecular flexibility index (Phi) is 7.13. The van der Waals surface area contributed by atoms with E-state index in [1.165, 1.54) is 25.3 Å². The van der Waals surface area contributed by atoms with Gasteiger partial charge in [-0.2, -0.15) is 5.10 Å². The third kappa shape index (κ3) is 5.33. The molecule has 0 spiro atoms. The van der Waals surface area contributed by atoms with Crippen LogP contribution in [0.1, 0.15) is 6.42 Å². The first-order valence-electron chi connectivity index (χ1n) is 6.27. The number of nitrogens with zero attached hydrogens (tertiary/aromatic N) is 2. The van der Waals surface area contributed by atoms with Crippen molar-refractivity contribution in [2.75, 3.05) is 19.6 Å². The maximum Gasteiger partial charge on any atom is 0.355 e. The number of carbonyl (C=O) groups excluding carboxylic acids is 2. The second-order valence-electron chi connectivity index (χ2n) is 4.12. The highest BCUT2D eigenvalue weighted by molar-refractivity contribution is 9.10.